The Kier molecular flexibility index (Phi) is 8.09. The Morgan fingerprint density at radius 1 is 1.33 bits per heavy atom. The third kappa shape index (κ3) is 7.88. The second kappa shape index (κ2) is 9.59. The topological polar surface area (TPSA) is 49.4 Å². The largest absolute Gasteiger partial charge is 0.355 e. The predicted molar refractivity (Wildman–Crippen MR) is 85.9 cm³/mol. The van der Waals surface area contributed by atoms with Crippen molar-refractivity contribution in [3.63, 3.8) is 0 Å². The van der Waals surface area contributed by atoms with Crippen molar-refractivity contribution in [2.24, 2.45) is 5.92 Å². The van der Waals surface area contributed by atoms with Gasteiger partial charge in [0.05, 0.1) is 6.54 Å². The molecule has 0 unspecified atom stereocenters. The Hall–Kier alpha value is -1.32. The summed E-state index contributed by atoms with van der Waals surface area (Å²) in [6.07, 6.45) is 9.00. The van der Waals surface area contributed by atoms with Crippen molar-refractivity contribution in [3.05, 3.63) is 11.6 Å². The first-order valence-electron chi connectivity index (χ1n) is 8.19. The van der Waals surface area contributed by atoms with E-state index in [1.807, 2.05) is 0 Å². The third-order valence-electron chi connectivity index (χ3n) is 3.91. The van der Waals surface area contributed by atoms with Crippen molar-refractivity contribution < 1.29 is 9.59 Å². The van der Waals surface area contributed by atoms with E-state index in [9.17, 15) is 9.59 Å². The van der Waals surface area contributed by atoms with Crippen LogP contribution in [-0.4, -0.2) is 36.3 Å². The second-order valence-corrected chi connectivity index (χ2v) is 6.33. The molecular formula is C17H30N2O2. The highest BCUT2D eigenvalue weighted by atomic mass is 16.2. The van der Waals surface area contributed by atoms with Crippen molar-refractivity contribution >= 4 is 11.8 Å². The number of nitrogens with one attached hydrogen (secondary N) is 1. The molecule has 120 valence electrons. The van der Waals surface area contributed by atoms with E-state index < -0.39 is 0 Å². The van der Waals surface area contributed by atoms with E-state index in [2.05, 4.69) is 25.2 Å². The lowest BCUT2D eigenvalue weighted by Gasteiger charge is -2.22. The first-order chi connectivity index (χ1) is 9.99. The molecule has 0 aromatic carbocycles. The number of carbonyl (C=O) groups excluding carboxylic acids is 2. The Morgan fingerprint density at radius 2 is 2.10 bits per heavy atom. The average Bonchev–Trinajstić information content (AvgIpc) is 2.43. The monoisotopic (exact) mass is 294 g/mol. The molecule has 0 aromatic rings. The van der Waals surface area contributed by atoms with Crippen LogP contribution in [0.2, 0.25) is 0 Å². The number of carbonyl (C=O) groups is 2. The van der Waals surface area contributed by atoms with E-state index in [0.717, 1.165) is 25.7 Å². The van der Waals surface area contributed by atoms with Crippen LogP contribution >= 0.6 is 0 Å². The summed E-state index contributed by atoms with van der Waals surface area (Å²) in [7, 11) is 0. The van der Waals surface area contributed by atoms with Gasteiger partial charge in [-0.25, -0.2) is 0 Å². The third-order valence-corrected chi connectivity index (χ3v) is 3.91. The highest BCUT2D eigenvalue weighted by molar-refractivity contribution is 5.83. The van der Waals surface area contributed by atoms with Crippen LogP contribution in [0, 0.1) is 5.92 Å². The molecule has 0 saturated carbocycles. The van der Waals surface area contributed by atoms with E-state index in [4.69, 9.17) is 0 Å². The molecule has 0 spiro atoms. The zero-order valence-electron chi connectivity index (χ0n) is 13.8. The summed E-state index contributed by atoms with van der Waals surface area (Å²) in [6, 6.07) is 0. The maximum Gasteiger partial charge on any atom is 0.239 e. The first kappa shape index (κ1) is 17.7. The van der Waals surface area contributed by atoms with Crippen LogP contribution in [0.25, 0.3) is 0 Å². The van der Waals surface area contributed by atoms with E-state index in [-0.39, 0.29) is 18.4 Å². The lowest BCUT2D eigenvalue weighted by Crippen LogP contribution is -2.40. The number of rotatable bonds is 8. The molecule has 1 aliphatic carbocycles. The summed E-state index contributed by atoms with van der Waals surface area (Å²) in [5, 5.41) is 2.89. The summed E-state index contributed by atoms with van der Waals surface area (Å²) in [5.74, 6) is 0.501. The fourth-order valence-electron chi connectivity index (χ4n) is 2.49. The fraction of sp³-hybridized carbons (Fsp3) is 0.765. The van der Waals surface area contributed by atoms with Crippen LogP contribution < -0.4 is 5.32 Å². The van der Waals surface area contributed by atoms with Crippen LogP contribution in [0.1, 0.15) is 59.3 Å². The standard InChI is InChI=1S/C17H30N2O2/c1-14(2)9-11-18-17(21)13-19(15(3)20)12-10-16-7-5-4-6-8-16/h7,14H,4-6,8-13H2,1-3H3,(H,18,21). The lowest BCUT2D eigenvalue weighted by atomic mass is 9.97. The molecule has 1 aliphatic rings. The van der Waals surface area contributed by atoms with Gasteiger partial charge in [-0.2, -0.15) is 0 Å². The first-order valence-corrected chi connectivity index (χ1v) is 8.19. The normalized spacial score (nSPS) is 14.8. The Balaban J connectivity index is 2.33. The van der Waals surface area contributed by atoms with Gasteiger partial charge in [0.1, 0.15) is 0 Å². The molecule has 1 N–H and O–H groups in total. The maximum atomic E-state index is 11.9. The minimum Gasteiger partial charge on any atom is -0.355 e. The van der Waals surface area contributed by atoms with Crippen molar-refractivity contribution in [2.45, 2.75) is 59.3 Å². The summed E-state index contributed by atoms with van der Waals surface area (Å²) in [6.45, 7) is 7.32. The van der Waals surface area contributed by atoms with Gasteiger partial charge < -0.3 is 10.2 Å². The Bertz CT molecular complexity index is 375. The van der Waals surface area contributed by atoms with Crippen LogP contribution in [0.3, 0.4) is 0 Å². The van der Waals surface area contributed by atoms with Gasteiger partial charge in [0.15, 0.2) is 0 Å². The van der Waals surface area contributed by atoms with Gasteiger partial charge in [-0.1, -0.05) is 25.5 Å². The van der Waals surface area contributed by atoms with E-state index in [1.54, 1.807) is 4.90 Å². The van der Waals surface area contributed by atoms with Gasteiger partial charge >= 0.3 is 0 Å². The average molecular weight is 294 g/mol. The molecule has 0 saturated heterocycles. The quantitative estimate of drug-likeness (QED) is 0.700. The summed E-state index contributed by atoms with van der Waals surface area (Å²) in [4.78, 5) is 25.2. The highest BCUT2D eigenvalue weighted by Gasteiger charge is 2.14. The maximum absolute atomic E-state index is 11.9. The molecule has 2 amide bonds. The van der Waals surface area contributed by atoms with E-state index in [0.29, 0.717) is 19.0 Å². The van der Waals surface area contributed by atoms with Gasteiger partial charge in [-0.05, 0) is 44.4 Å². The molecule has 0 bridgehead atoms. The van der Waals surface area contributed by atoms with Crippen LogP contribution in [0.4, 0.5) is 0 Å². The summed E-state index contributed by atoms with van der Waals surface area (Å²) >= 11 is 0. The van der Waals surface area contributed by atoms with Crippen molar-refractivity contribution in [3.8, 4) is 0 Å². The minimum absolute atomic E-state index is 0.0228. The molecule has 0 radical (unpaired) electrons. The lowest BCUT2D eigenvalue weighted by molar-refractivity contribution is -0.134. The summed E-state index contributed by atoms with van der Waals surface area (Å²) < 4.78 is 0. The van der Waals surface area contributed by atoms with Gasteiger partial charge in [0, 0.05) is 20.0 Å². The van der Waals surface area contributed by atoms with E-state index >= 15 is 0 Å². The number of allylic oxidation sites excluding steroid dienone is 1. The molecule has 4 heteroatoms. The Morgan fingerprint density at radius 3 is 2.67 bits per heavy atom. The molecule has 0 aliphatic heterocycles. The SMILES string of the molecule is CC(=O)N(CCC1=CCCCC1)CC(=O)NCCC(C)C. The van der Waals surface area contributed by atoms with Crippen molar-refractivity contribution in [1.29, 1.82) is 0 Å². The molecule has 1 rings (SSSR count). The van der Waals surface area contributed by atoms with E-state index in [1.165, 1.54) is 25.3 Å². The molecular weight excluding hydrogens is 264 g/mol. The van der Waals surface area contributed by atoms with Crippen LogP contribution in [-0.2, 0) is 9.59 Å². The van der Waals surface area contributed by atoms with Crippen LogP contribution in [0.5, 0.6) is 0 Å². The van der Waals surface area contributed by atoms with Gasteiger partial charge in [0.25, 0.3) is 0 Å². The van der Waals surface area contributed by atoms with Gasteiger partial charge in [-0.15, -0.1) is 0 Å². The minimum atomic E-state index is -0.0523. The zero-order chi connectivity index (χ0) is 15.7. The number of hydrogen-bond acceptors (Lipinski definition) is 2. The van der Waals surface area contributed by atoms with Crippen molar-refractivity contribution in [2.75, 3.05) is 19.6 Å². The zero-order valence-corrected chi connectivity index (χ0v) is 13.8. The smallest absolute Gasteiger partial charge is 0.239 e. The van der Waals surface area contributed by atoms with Gasteiger partial charge in [-0.3, -0.25) is 9.59 Å². The van der Waals surface area contributed by atoms with Crippen molar-refractivity contribution in [1.82, 2.24) is 10.2 Å². The molecule has 0 atom stereocenters. The number of nitrogens with zero attached hydrogens (tertiary/aromatic N) is 1. The fourth-order valence-corrected chi connectivity index (χ4v) is 2.49. The number of amides is 2. The number of hydrogen-bond donors (Lipinski definition) is 1. The second-order valence-electron chi connectivity index (χ2n) is 6.33. The Labute approximate surface area is 129 Å². The molecule has 0 fully saturated rings. The molecule has 0 aromatic heterocycles. The molecule has 21 heavy (non-hydrogen) atoms. The summed E-state index contributed by atoms with van der Waals surface area (Å²) in [5.41, 5.74) is 1.44. The predicted octanol–water partition coefficient (Wildman–Crippen LogP) is 2.89. The highest BCUT2D eigenvalue weighted by Crippen LogP contribution is 2.20. The van der Waals surface area contributed by atoms with Crippen LogP contribution in [0.15, 0.2) is 11.6 Å². The van der Waals surface area contributed by atoms with Gasteiger partial charge in [0.2, 0.25) is 11.8 Å². The molecule has 0 heterocycles. The molecule has 4 nitrogen and oxygen atoms in total.